The fourth-order valence-corrected chi connectivity index (χ4v) is 3.36. The first kappa shape index (κ1) is 21.5. The summed E-state index contributed by atoms with van der Waals surface area (Å²) < 4.78 is 45.2. The summed E-state index contributed by atoms with van der Waals surface area (Å²) in [5, 5.41) is 2.18. The zero-order valence-corrected chi connectivity index (χ0v) is 17.2. The van der Waals surface area contributed by atoms with E-state index in [1.54, 1.807) is 13.8 Å². The van der Waals surface area contributed by atoms with E-state index in [0.29, 0.717) is 13.2 Å². The van der Waals surface area contributed by atoms with E-state index in [0.717, 1.165) is 23.4 Å². The van der Waals surface area contributed by atoms with Gasteiger partial charge in [-0.05, 0) is 52.7 Å². The molecule has 1 N–H and O–H groups in total. The summed E-state index contributed by atoms with van der Waals surface area (Å²) in [5.74, 6) is 5.21. The molecule has 158 valence electrons. The van der Waals surface area contributed by atoms with Crippen LogP contribution in [-0.2, 0) is 16.1 Å². The second-order valence-corrected chi connectivity index (χ2v) is 8.55. The molecule has 0 aromatic heterocycles. The Morgan fingerprint density at radius 2 is 1.97 bits per heavy atom. The monoisotopic (exact) mass is 408 g/mol. The van der Waals surface area contributed by atoms with Crippen LogP contribution >= 0.6 is 0 Å². The average molecular weight is 408 g/mol. The number of nitrogens with one attached hydrogen (secondary N) is 1. The van der Waals surface area contributed by atoms with Gasteiger partial charge in [-0.2, -0.15) is 13.2 Å². The Kier molecular flexibility index (Phi) is 5.61. The summed E-state index contributed by atoms with van der Waals surface area (Å²) in [4.78, 5) is 14.8. The predicted molar refractivity (Wildman–Crippen MR) is 105 cm³/mol. The van der Waals surface area contributed by atoms with E-state index in [4.69, 9.17) is 4.74 Å². The fourth-order valence-electron chi connectivity index (χ4n) is 3.36. The number of hydrogen-bond donors (Lipinski definition) is 1. The second-order valence-electron chi connectivity index (χ2n) is 8.55. The molecule has 1 aromatic carbocycles. The Balaban J connectivity index is 1.86. The van der Waals surface area contributed by atoms with E-state index >= 15 is 0 Å². The van der Waals surface area contributed by atoms with Gasteiger partial charge in [-0.15, -0.1) is 0 Å². The van der Waals surface area contributed by atoms with Gasteiger partial charge < -0.3 is 15.0 Å². The SMILES string of the molecule is CC(C)N1CCOCc2c(C#CC(C)(C)C(=O)NC3(C(F)(F)F)CC3)cccc21. The predicted octanol–water partition coefficient (Wildman–Crippen LogP) is 4.02. The van der Waals surface area contributed by atoms with Gasteiger partial charge in [-0.25, -0.2) is 0 Å². The van der Waals surface area contributed by atoms with Crippen molar-refractivity contribution >= 4 is 11.6 Å². The average Bonchev–Trinajstić information content (AvgIpc) is 3.42. The van der Waals surface area contributed by atoms with Gasteiger partial charge in [-0.1, -0.05) is 17.9 Å². The minimum atomic E-state index is -4.44. The van der Waals surface area contributed by atoms with Crippen LogP contribution in [0.25, 0.3) is 0 Å². The van der Waals surface area contributed by atoms with E-state index in [1.165, 1.54) is 0 Å². The Bertz CT molecular complexity index is 846. The second kappa shape index (κ2) is 7.56. The van der Waals surface area contributed by atoms with Crippen LogP contribution in [0.5, 0.6) is 0 Å². The van der Waals surface area contributed by atoms with Crippen LogP contribution in [0.3, 0.4) is 0 Å². The fraction of sp³-hybridized carbons (Fsp3) is 0.591. The van der Waals surface area contributed by atoms with Gasteiger partial charge in [0.25, 0.3) is 0 Å². The Morgan fingerprint density at radius 1 is 1.28 bits per heavy atom. The number of halogens is 3. The van der Waals surface area contributed by atoms with Gasteiger partial charge in [0.1, 0.15) is 11.0 Å². The summed E-state index contributed by atoms with van der Waals surface area (Å²) in [6.45, 7) is 9.08. The molecule has 1 fully saturated rings. The van der Waals surface area contributed by atoms with Crippen molar-refractivity contribution in [1.29, 1.82) is 0 Å². The Morgan fingerprint density at radius 3 is 2.55 bits per heavy atom. The van der Waals surface area contributed by atoms with E-state index in [1.807, 2.05) is 18.2 Å². The van der Waals surface area contributed by atoms with Gasteiger partial charge in [0.2, 0.25) is 5.91 Å². The van der Waals surface area contributed by atoms with Crippen LogP contribution in [-0.4, -0.2) is 36.8 Å². The highest BCUT2D eigenvalue weighted by Crippen LogP contribution is 2.49. The largest absolute Gasteiger partial charge is 0.411 e. The molecule has 7 heteroatoms. The van der Waals surface area contributed by atoms with Crippen molar-refractivity contribution in [3.63, 3.8) is 0 Å². The summed E-state index contributed by atoms with van der Waals surface area (Å²) in [7, 11) is 0. The quantitative estimate of drug-likeness (QED) is 0.768. The molecule has 1 heterocycles. The number of benzene rings is 1. The van der Waals surface area contributed by atoms with Gasteiger partial charge in [0.15, 0.2) is 0 Å². The molecule has 1 aromatic rings. The molecule has 0 spiro atoms. The highest BCUT2D eigenvalue weighted by Gasteiger charge is 2.64. The third kappa shape index (κ3) is 4.37. The number of amides is 1. The van der Waals surface area contributed by atoms with Crippen LogP contribution < -0.4 is 10.2 Å². The van der Waals surface area contributed by atoms with Crippen molar-refractivity contribution in [2.45, 2.75) is 64.9 Å². The maximum absolute atomic E-state index is 13.2. The van der Waals surface area contributed by atoms with Crippen molar-refractivity contribution < 1.29 is 22.7 Å². The molecule has 3 rings (SSSR count). The number of ether oxygens (including phenoxy) is 1. The third-order valence-electron chi connectivity index (χ3n) is 5.53. The number of rotatable bonds is 3. The molecule has 0 unspecified atom stereocenters. The smallest absolute Gasteiger partial charge is 0.375 e. The lowest BCUT2D eigenvalue weighted by Crippen LogP contribution is -2.51. The van der Waals surface area contributed by atoms with Gasteiger partial charge in [0.05, 0.1) is 13.2 Å². The van der Waals surface area contributed by atoms with Crippen molar-refractivity contribution in [1.82, 2.24) is 5.32 Å². The van der Waals surface area contributed by atoms with Crippen LogP contribution in [0.2, 0.25) is 0 Å². The summed E-state index contributed by atoms with van der Waals surface area (Å²) in [6.07, 6.45) is -4.61. The lowest BCUT2D eigenvalue weighted by Gasteiger charge is -2.28. The number of carbonyl (C=O) groups is 1. The van der Waals surface area contributed by atoms with E-state index in [-0.39, 0.29) is 18.9 Å². The van der Waals surface area contributed by atoms with Crippen LogP contribution in [0.15, 0.2) is 18.2 Å². The highest BCUT2D eigenvalue weighted by atomic mass is 19.4. The molecule has 2 aliphatic rings. The third-order valence-corrected chi connectivity index (χ3v) is 5.53. The number of fused-ring (bicyclic) bond motifs is 1. The van der Waals surface area contributed by atoms with E-state index < -0.39 is 23.0 Å². The maximum atomic E-state index is 13.2. The molecule has 0 radical (unpaired) electrons. The summed E-state index contributed by atoms with van der Waals surface area (Å²) in [5.41, 5.74) is -0.629. The van der Waals surface area contributed by atoms with Crippen molar-refractivity contribution in [2.24, 2.45) is 5.41 Å². The molecule has 0 atom stereocenters. The first-order valence-corrected chi connectivity index (χ1v) is 9.86. The topological polar surface area (TPSA) is 41.6 Å². The van der Waals surface area contributed by atoms with Crippen molar-refractivity contribution in [3.05, 3.63) is 29.3 Å². The molecular formula is C22H27F3N2O2. The lowest BCUT2D eigenvalue weighted by atomic mass is 9.91. The number of anilines is 1. The number of nitrogens with zero attached hydrogens (tertiary/aromatic N) is 1. The van der Waals surface area contributed by atoms with E-state index in [9.17, 15) is 18.0 Å². The molecule has 29 heavy (non-hydrogen) atoms. The molecule has 1 amide bonds. The molecule has 0 bridgehead atoms. The summed E-state index contributed by atoms with van der Waals surface area (Å²) in [6, 6.07) is 6.07. The lowest BCUT2D eigenvalue weighted by molar-refractivity contribution is -0.172. The standard InChI is InChI=1S/C22H27F3N2O2/c1-15(2)27-12-13-29-14-17-16(6-5-7-18(17)27)8-9-20(3,4)19(28)26-21(10-11-21)22(23,24)25/h5-7,15H,10-14H2,1-4H3,(H,26,28). The molecule has 0 saturated heterocycles. The van der Waals surface area contributed by atoms with Crippen molar-refractivity contribution in [3.8, 4) is 11.8 Å². The number of carbonyl (C=O) groups excluding carboxylic acids is 1. The zero-order chi connectivity index (χ0) is 21.4. The van der Waals surface area contributed by atoms with Crippen LogP contribution in [0.1, 0.15) is 51.7 Å². The normalized spacial score (nSPS) is 18.4. The molecule has 1 aliphatic carbocycles. The molecule has 1 saturated carbocycles. The Hall–Kier alpha value is -2.20. The molecule has 4 nitrogen and oxygen atoms in total. The zero-order valence-electron chi connectivity index (χ0n) is 17.2. The van der Waals surface area contributed by atoms with Crippen LogP contribution in [0, 0.1) is 17.3 Å². The first-order valence-electron chi connectivity index (χ1n) is 9.86. The van der Waals surface area contributed by atoms with Gasteiger partial charge in [-0.3, -0.25) is 4.79 Å². The minimum Gasteiger partial charge on any atom is -0.375 e. The number of alkyl halides is 3. The van der Waals surface area contributed by atoms with Gasteiger partial charge in [0, 0.05) is 29.4 Å². The Labute approximate surface area is 169 Å². The van der Waals surface area contributed by atoms with E-state index in [2.05, 4.69) is 35.9 Å². The highest BCUT2D eigenvalue weighted by molar-refractivity contribution is 5.86. The first-order chi connectivity index (χ1) is 13.5. The van der Waals surface area contributed by atoms with Gasteiger partial charge >= 0.3 is 6.18 Å². The summed E-state index contributed by atoms with van der Waals surface area (Å²) >= 11 is 0. The maximum Gasteiger partial charge on any atom is 0.411 e. The van der Waals surface area contributed by atoms with Crippen molar-refractivity contribution in [2.75, 3.05) is 18.1 Å². The minimum absolute atomic E-state index is 0.0830. The molecular weight excluding hydrogens is 381 g/mol. The molecule has 1 aliphatic heterocycles. The number of hydrogen-bond acceptors (Lipinski definition) is 3. The van der Waals surface area contributed by atoms with Crippen LogP contribution in [0.4, 0.5) is 18.9 Å².